The summed E-state index contributed by atoms with van der Waals surface area (Å²) in [4.78, 5) is 22.2. The molecule has 0 bridgehead atoms. The second kappa shape index (κ2) is 7.14. The molecule has 0 aliphatic carbocycles. The van der Waals surface area contributed by atoms with Crippen LogP contribution in [0.5, 0.6) is 5.75 Å². The van der Waals surface area contributed by atoms with Gasteiger partial charge in [-0.2, -0.15) is 0 Å². The van der Waals surface area contributed by atoms with E-state index in [4.69, 9.17) is 14.3 Å². The highest BCUT2D eigenvalue weighted by atomic mass is 16.5. The Morgan fingerprint density at radius 2 is 1.90 bits per heavy atom. The number of carboxylic acids is 1. The SMILES string of the molecule is O=C(CCOc1ccccc1)NCc1ccc(C(=O)O)o1. The second-order valence-corrected chi connectivity index (χ2v) is 4.26. The predicted molar refractivity (Wildman–Crippen MR) is 74.1 cm³/mol. The number of carboxylic acid groups (broad SMARTS) is 1. The lowest BCUT2D eigenvalue weighted by Crippen LogP contribution is -2.24. The molecule has 21 heavy (non-hydrogen) atoms. The first kappa shape index (κ1) is 14.6. The molecule has 0 atom stereocenters. The summed E-state index contributed by atoms with van der Waals surface area (Å²) in [6.07, 6.45) is 0.210. The summed E-state index contributed by atoms with van der Waals surface area (Å²) in [6.45, 7) is 0.422. The van der Waals surface area contributed by atoms with Crippen molar-refractivity contribution >= 4 is 11.9 Å². The topological polar surface area (TPSA) is 88.8 Å². The third-order valence-electron chi connectivity index (χ3n) is 2.67. The number of aromatic carboxylic acids is 1. The van der Waals surface area contributed by atoms with Gasteiger partial charge in [0.05, 0.1) is 19.6 Å². The number of carbonyl (C=O) groups is 2. The number of hydrogen-bond acceptors (Lipinski definition) is 4. The summed E-state index contributed by atoms with van der Waals surface area (Å²) in [6, 6.07) is 12.1. The lowest BCUT2D eigenvalue weighted by molar-refractivity contribution is -0.121. The fraction of sp³-hybridized carbons (Fsp3) is 0.200. The van der Waals surface area contributed by atoms with Gasteiger partial charge in [0.25, 0.3) is 0 Å². The molecular weight excluding hydrogens is 274 g/mol. The van der Waals surface area contributed by atoms with Gasteiger partial charge in [0.1, 0.15) is 11.5 Å². The maximum Gasteiger partial charge on any atom is 0.371 e. The third kappa shape index (κ3) is 4.68. The van der Waals surface area contributed by atoms with Crippen molar-refractivity contribution in [3.8, 4) is 5.75 Å². The molecule has 0 radical (unpaired) electrons. The van der Waals surface area contributed by atoms with Crippen LogP contribution in [0.25, 0.3) is 0 Å². The number of ether oxygens (including phenoxy) is 1. The first-order chi connectivity index (χ1) is 10.1. The van der Waals surface area contributed by atoms with Crippen LogP contribution in [0.1, 0.15) is 22.7 Å². The molecule has 1 aromatic heterocycles. The Morgan fingerprint density at radius 3 is 2.57 bits per heavy atom. The van der Waals surface area contributed by atoms with Crippen LogP contribution in [-0.4, -0.2) is 23.6 Å². The summed E-state index contributed by atoms with van der Waals surface area (Å²) < 4.78 is 10.4. The van der Waals surface area contributed by atoms with Crippen molar-refractivity contribution in [1.82, 2.24) is 5.32 Å². The summed E-state index contributed by atoms with van der Waals surface area (Å²) in [5.74, 6) is -0.373. The zero-order valence-corrected chi connectivity index (χ0v) is 11.2. The van der Waals surface area contributed by atoms with E-state index in [0.717, 1.165) is 0 Å². The molecule has 2 N–H and O–H groups in total. The Morgan fingerprint density at radius 1 is 1.14 bits per heavy atom. The van der Waals surface area contributed by atoms with Gasteiger partial charge in [0, 0.05) is 0 Å². The van der Waals surface area contributed by atoms with Crippen LogP contribution >= 0.6 is 0 Å². The summed E-state index contributed by atoms with van der Waals surface area (Å²) >= 11 is 0. The molecule has 0 spiro atoms. The van der Waals surface area contributed by atoms with Crippen LogP contribution in [0.4, 0.5) is 0 Å². The van der Waals surface area contributed by atoms with Crippen LogP contribution in [-0.2, 0) is 11.3 Å². The molecule has 6 heteroatoms. The lowest BCUT2D eigenvalue weighted by Gasteiger charge is -2.06. The van der Waals surface area contributed by atoms with E-state index in [1.807, 2.05) is 30.3 Å². The zero-order valence-electron chi connectivity index (χ0n) is 11.2. The zero-order chi connectivity index (χ0) is 15.1. The van der Waals surface area contributed by atoms with E-state index in [-0.39, 0.29) is 31.2 Å². The first-order valence-corrected chi connectivity index (χ1v) is 6.41. The number of hydrogen-bond donors (Lipinski definition) is 2. The Labute approximate surface area is 121 Å². The van der Waals surface area contributed by atoms with Crippen molar-refractivity contribution in [2.45, 2.75) is 13.0 Å². The van der Waals surface area contributed by atoms with Crippen molar-refractivity contribution in [3.05, 3.63) is 54.0 Å². The molecule has 2 aromatic rings. The average Bonchev–Trinajstić information content (AvgIpc) is 2.95. The van der Waals surface area contributed by atoms with E-state index in [2.05, 4.69) is 5.32 Å². The van der Waals surface area contributed by atoms with Crippen molar-refractivity contribution in [2.24, 2.45) is 0 Å². The minimum absolute atomic E-state index is 0.147. The lowest BCUT2D eigenvalue weighted by atomic mass is 10.3. The number of benzene rings is 1. The smallest absolute Gasteiger partial charge is 0.371 e. The Balaban J connectivity index is 1.68. The molecule has 1 aromatic carbocycles. The molecule has 0 aliphatic heterocycles. The van der Waals surface area contributed by atoms with Crippen LogP contribution in [0.3, 0.4) is 0 Å². The molecule has 0 saturated heterocycles. The summed E-state index contributed by atoms with van der Waals surface area (Å²) in [5, 5.41) is 11.3. The summed E-state index contributed by atoms with van der Waals surface area (Å²) in [7, 11) is 0. The van der Waals surface area contributed by atoms with Crippen LogP contribution in [0.2, 0.25) is 0 Å². The number of rotatable bonds is 7. The van der Waals surface area contributed by atoms with Gasteiger partial charge >= 0.3 is 5.97 Å². The monoisotopic (exact) mass is 289 g/mol. The Bertz CT molecular complexity index is 606. The van der Waals surface area contributed by atoms with Crippen molar-refractivity contribution in [1.29, 1.82) is 0 Å². The average molecular weight is 289 g/mol. The molecule has 6 nitrogen and oxygen atoms in total. The van der Waals surface area contributed by atoms with E-state index in [0.29, 0.717) is 11.5 Å². The normalized spacial score (nSPS) is 10.1. The molecule has 0 saturated carbocycles. The molecule has 0 unspecified atom stereocenters. The fourth-order valence-corrected chi connectivity index (χ4v) is 1.64. The Kier molecular flexibility index (Phi) is 4.98. The number of amides is 1. The van der Waals surface area contributed by atoms with Gasteiger partial charge in [-0.3, -0.25) is 4.79 Å². The number of furan rings is 1. The minimum Gasteiger partial charge on any atom is -0.493 e. The van der Waals surface area contributed by atoms with Crippen molar-refractivity contribution in [3.63, 3.8) is 0 Å². The molecule has 2 rings (SSSR count). The molecule has 110 valence electrons. The van der Waals surface area contributed by atoms with E-state index in [9.17, 15) is 9.59 Å². The molecule has 1 heterocycles. The first-order valence-electron chi connectivity index (χ1n) is 6.41. The van der Waals surface area contributed by atoms with E-state index in [1.54, 1.807) is 0 Å². The van der Waals surface area contributed by atoms with Gasteiger partial charge < -0.3 is 19.6 Å². The fourth-order valence-electron chi connectivity index (χ4n) is 1.64. The van der Waals surface area contributed by atoms with Gasteiger partial charge in [-0.25, -0.2) is 4.79 Å². The predicted octanol–water partition coefficient (Wildman–Crippen LogP) is 2.06. The summed E-state index contributed by atoms with van der Waals surface area (Å²) in [5.41, 5.74) is 0. The van der Waals surface area contributed by atoms with Crippen molar-refractivity contribution in [2.75, 3.05) is 6.61 Å². The maximum absolute atomic E-state index is 11.6. The second-order valence-electron chi connectivity index (χ2n) is 4.26. The standard InChI is InChI=1S/C15H15NO5/c17-14(8-9-20-11-4-2-1-3-5-11)16-10-12-6-7-13(21-12)15(18)19/h1-7H,8-10H2,(H,16,17)(H,18,19). The van der Waals surface area contributed by atoms with E-state index >= 15 is 0 Å². The number of carbonyl (C=O) groups excluding carboxylic acids is 1. The van der Waals surface area contributed by atoms with Gasteiger partial charge in [0.2, 0.25) is 11.7 Å². The van der Waals surface area contributed by atoms with Crippen LogP contribution in [0, 0.1) is 0 Å². The van der Waals surface area contributed by atoms with Gasteiger partial charge in [-0.05, 0) is 24.3 Å². The third-order valence-corrected chi connectivity index (χ3v) is 2.67. The van der Waals surface area contributed by atoms with Gasteiger partial charge in [0.15, 0.2) is 0 Å². The maximum atomic E-state index is 11.6. The highest BCUT2D eigenvalue weighted by Gasteiger charge is 2.09. The van der Waals surface area contributed by atoms with Crippen LogP contribution < -0.4 is 10.1 Å². The number of nitrogens with one attached hydrogen (secondary N) is 1. The van der Waals surface area contributed by atoms with E-state index < -0.39 is 5.97 Å². The highest BCUT2D eigenvalue weighted by Crippen LogP contribution is 2.09. The molecule has 0 fully saturated rings. The van der Waals surface area contributed by atoms with Crippen molar-refractivity contribution < 1.29 is 23.8 Å². The number of para-hydroxylation sites is 1. The van der Waals surface area contributed by atoms with Gasteiger partial charge in [-0.1, -0.05) is 18.2 Å². The minimum atomic E-state index is -1.14. The largest absolute Gasteiger partial charge is 0.493 e. The molecular formula is C15H15NO5. The van der Waals surface area contributed by atoms with Crippen LogP contribution in [0.15, 0.2) is 46.9 Å². The van der Waals surface area contributed by atoms with Gasteiger partial charge in [-0.15, -0.1) is 0 Å². The molecule has 0 aliphatic rings. The van der Waals surface area contributed by atoms with E-state index in [1.165, 1.54) is 12.1 Å². The quantitative estimate of drug-likeness (QED) is 0.814. The Hall–Kier alpha value is -2.76. The highest BCUT2D eigenvalue weighted by molar-refractivity contribution is 5.84. The molecule has 1 amide bonds.